The van der Waals surface area contributed by atoms with Gasteiger partial charge < -0.3 is 14.6 Å². The summed E-state index contributed by atoms with van der Waals surface area (Å²) < 4.78 is 12.6. The van der Waals surface area contributed by atoms with Gasteiger partial charge in [0.15, 0.2) is 0 Å². The standard InChI is InChI=1S/C14H23ClN2O3/c1-4-13(2)10-14(18,5-7-20-13)12-11(15)9-16-17(12)6-8-19-3/h9,18H,4-8,10H2,1-3H3. The van der Waals surface area contributed by atoms with Crippen molar-refractivity contribution in [3.05, 3.63) is 16.9 Å². The van der Waals surface area contributed by atoms with Crippen molar-refractivity contribution in [2.45, 2.75) is 50.9 Å². The van der Waals surface area contributed by atoms with Gasteiger partial charge in [-0.1, -0.05) is 18.5 Å². The highest BCUT2D eigenvalue weighted by Crippen LogP contribution is 2.43. The Hall–Kier alpha value is -0.620. The van der Waals surface area contributed by atoms with Gasteiger partial charge in [-0.25, -0.2) is 0 Å². The number of aliphatic hydroxyl groups is 1. The van der Waals surface area contributed by atoms with Gasteiger partial charge in [0.05, 0.1) is 42.3 Å². The van der Waals surface area contributed by atoms with Crippen molar-refractivity contribution in [1.29, 1.82) is 0 Å². The molecule has 1 saturated heterocycles. The summed E-state index contributed by atoms with van der Waals surface area (Å²) in [4.78, 5) is 0. The predicted octanol–water partition coefficient (Wildman–Crippen LogP) is 2.35. The summed E-state index contributed by atoms with van der Waals surface area (Å²) >= 11 is 6.26. The van der Waals surface area contributed by atoms with E-state index in [9.17, 15) is 5.11 Å². The molecule has 0 amide bonds. The van der Waals surface area contributed by atoms with E-state index in [4.69, 9.17) is 21.1 Å². The van der Waals surface area contributed by atoms with Crippen LogP contribution in [0.5, 0.6) is 0 Å². The second kappa shape index (κ2) is 6.02. The summed E-state index contributed by atoms with van der Waals surface area (Å²) in [6.07, 6.45) is 3.48. The molecule has 2 unspecified atom stereocenters. The van der Waals surface area contributed by atoms with Crippen LogP contribution in [-0.4, -0.2) is 40.8 Å². The molecule has 2 rings (SSSR count). The summed E-state index contributed by atoms with van der Waals surface area (Å²) in [5.41, 5.74) is -0.643. The molecule has 20 heavy (non-hydrogen) atoms. The number of hydrogen-bond acceptors (Lipinski definition) is 4. The molecular weight excluding hydrogens is 280 g/mol. The zero-order chi connectivity index (χ0) is 14.8. The van der Waals surface area contributed by atoms with E-state index < -0.39 is 5.60 Å². The molecule has 5 nitrogen and oxygen atoms in total. The summed E-state index contributed by atoms with van der Waals surface area (Å²) in [7, 11) is 1.64. The molecule has 0 spiro atoms. The topological polar surface area (TPSA) is 56.5 Å². The van der Waals surface area contributed by atoms with Crippen LogP contribution in [0.3, 0.4) is 0 Å². The Kier molecular flexibility index (Phi) is 4.74. The third-order valence-electron chi connectivity index (χ3n) is 4.12. The van der Waals surface area contributed by atoms with Gasteiger partial charge in [-0.15, -0.1) is 0 Å². The zero-order valence-corrected chi connectivity index (χ0v) is 13.1. The van der Waals surface area contributed by atoms with E-state index in [0.717, 1.165) is 6.42 Å². The highest BCUT2D eigenvalue weighted by molar-refractivity contribution is 6.31. The van der Waals surface area contributed by atoms with E-state index in [0.29, 0.717) is 43.3 Å². The van der Waals surface area contributed by atoms with Gasteiger partial charge in [-0.2, -0.15) is 5.10 Å². The van der Waals surface area contributed by atoms with E-state index in [1.54, 1.807) is 18.0 Å². The number of aromatic nitrogens is 2. The van der Waals surface area contributed by atoms with Crippen molar-refractivity contribution in [2.24, 2.45) is 0 Å². The van der Waals surface area contributed by atoms with Crippen LogP contribution in [0, 0.1) is 0 Å². The van der Waals surface area contributed by atoms with Gasteiger partial charge in [-0.3, -0.25) is 4.68 Å². The summed E-state index contributed by atoms with van der Waals surface area (Å²) in [6.45, 7) is 5.72. The predicted molar refractivity (Wildman–Crippen MR) is 76.9 cm³/mol. The lowest BCUT2D eigenvalue weighted by molar-refractivity contribution is -0.160. The smallest absolute Gasteiger partial charge is 0.113 e. The molecule has 1 aliphatic rings. The number of methoxy groups -OCH3 is 1. The van der Waals surface area contributed by atoms with Crippen LogP contribution in [0.15, 0.2) is 6.20 Å². The van der Waals surface area contributed by atoms with E-state index in [2.05, 4.69) is 12.0 Å². The number of ether oxygens (including phenoxy) is 2. The molecule has 0 aliphatic carbocycles. The van der Waals surface area contributed by atoms with Crippen molar-refractivity contribution in [2.75, 3.05) is 20.3 Å². The maximum Gasteiger partial charge on any atom is 0.113 e. The number of hydrogen-bond donors (Lipinski definition) is 1. The normalized spacial score (nSPS) is 30.6. The van der Waals surface area contributed by atoms with Crippen molar-refractivity contribution < 1.29 is 14.6 Å². The minimum Gasteiger partial charge on any atom is -0.383 e. The van der Waals surface area contributed by atoms with Gasteiger partial charge in [0.25, 0.3) is 0 Å². The lowest BCUT2D eigenvalue weighted by Crippen LogP contribution is -2.46. The van der Waals surface area contributed by atoms with Gasteiger partial charge in [0, 0.05) is 20.0 Å². The van der Waals surface area contributed by atoms with Gasteiger partial charge in [0.1, 0.15) is 5.60 Å². The lowest BCUT2D eigenvalue weighted by Gasteiger charge is -2.43. The SMILES string of the molecule is CCC1(C)CC(O)(c2c(Cl)cnn2CCOC)CCO1. The number of halogens is 1. The molecule has 1 aliphatic heterocycles. The Morgan fingerprint density at radius 1 is 1.60 bits per heavy atom. The minimum absolute atomic E-state index is 0.327. The Bertz CT molecular complexity index is 465. The molecule has 2 atom stereocenters. The zero-order valence-electron chi connectivity index (χ0n) is 12.4. The molecule has 0 radical (unpaired) electrons. The summed E-state index contributed by atoms with van der Waals surface area (Å²) in [6, 6.07) is 0. The average Bonchev–Trinajstić information content (AvgIpc) is 2.78. The fourth-order valence-electron chi connectivity index (χ4n) is 2.83. The Balaban J connectivity index is 2.31. The van der Waals surface area contributed by atoms with Crippen LogP contribution < -0.4 is 0 Å². The first-order chi connectivity index (χ1) is 9.44. The molecular formula is C14H23ClN2O3. The van der Waals surface area contributed by atoms with Crippen LogP contribution in [0.1, 0.15) is 38.8 Å². The van der Waals surface area contributed by atoms with E-state index in [1.165, 1.54) is 0 Å². The summed E-state index contributed by atoms with van der Waals surface area (Å²) in [5.74, 6) is 0. The molecule has 1 aromatic heterocycles. The lowest BCUT2D eigenvalue weighted by atomic mass is 9.80. The number of rotatable bonds is 5. The van der Waals surface area contributed by atoms with E-state index in [1.807, 2.05) is 6.92 Å². The molecule has 0 saturated carbocycles. The first-order valence-electron chi connectivity index (χ1n) is 7.01. The third-order valence-corrected chi connectivity index (χ3v) is 4.40. The minimum atomic E-state index is -0.996. The van der Waals surface area contributed by atoms with Gasteiger partial charge >= 0.3 is 0 Å². The highest BCUT2D eigenvalue weighted by atomic mass is 35.5. The molecule has 1 fully saturated rings. The van der Waals surface area contributed by atoms with Crippen LogP contribution in [-0.2, 0) is 21.6 Å². The maximum absolute atomic E-state index is 11.1. The van der Waals surface area contributed by atoms with Crippen molar-refractivity contribution in [3.63, 3.8) is 0 Å². The molecule has 0 bridgehead atoms. The van der Waals surface area contributed by atoms with Crippen molar-refractivity contribution in [3.8, 4) is 0 Å². The highest BCUT2D eigenvalue weighted by Gasteiger charge is 2.45. The molecule has 0 aromatic carbocycles. The van der Waals surface area contributed by atoms with Gasteiger partial charge in [-0.05, 0) is 13.3 Å². The first-order valence-corrected chi connectivity index (χ1v) is 7.39. The Morgan fingerprint density at radius 3 is 3.00 bits per heavy atom. The van der Waals surface area contributed by atoms with E-state index >= 15 is 0 Å². The monoisotopic (exact) mass is 302 g/mol. The quantitative estimate of drug-likeness (QED) is 0.907. The first kappa shape index (κ1) is 15.8. The maximum atomic E-state index is 11.1. The second-order valence-electron chi connectivity index (χ2n) is 5.67. The average molecular weight is 303 g/mol. The molecule has 2 heterocycles. The third kappa shape index (κ3) is 3.01. The van der Waals surface area contributed by atoms with Crippen molar-refractivity contribution >= 4 is 11.6 Å². The van der Waals surface area contributed by atoms with Crippen LogP contribution in [0.4, 0.5) is 0 Å². The van der Waals surface area contributed by atoms with Crippen molar-refractivity contribution in [1.82, 2.24) is 9.78 Å². The Labute approximate surface area is 124 Å². The molecule has 114 valence electrons. The fraction of sp³-hybridized carbons (Fsp3) is 0.786. The van der Waals surface area contributed by atoms with E-state index in [-0.39, 0.29) is 5.60 Å². The largest absolute Gasteiger partial charge is 0.383 e. The molecule has 6 heteroatoms. The number of nitrogens with zero attached hydrogens (tertiary/aromatic N) is 2. The summed E-state index contributed by atoms with van der Waals surface area (Å²) in [5, 5.41) is 15.8. The van der Waals surface area contributed by atoms with Crippen LogP contribution in [0.25, 0.3) is 0 Å². The fourth-order valence-corrected chi connectivity index (χ4v) is 3.14. The van der Waals surface area contributed by atoms with Crippen LogP contribution >= 0.6 is 11.6 Å². The second-order valence-corrected chi connectivity index (χ2v) is 6.07. The molecule has 1 N–H and O–H groups in total. The Morgan fingerprint density at radius 2 is 2.35 bits per heavy atom. The molecule has 1 aromatic rings. The van der Waals surface area contributed by atoms with Crippen LogP contribution in [0.2, 0.25) is 5.02 Å². The van der Waals surface area contributed by atoms with Gasteiger partial charge in [0.2, 0.25) is 0 Å².